The zero-order chi connectivity index (χ0) is 15.4. The maximum absolute atomic E-state index is 12.5. The van der Waals surface area contributed by atoms with Crippen molar-refractivity contribution >= 4 is 11.6 Å². The van der Waals surface area contributed by atoms with E-state index in [1.165, 1.54) is 11.0 Å². The Labute approximate surface area is 123 Å². The number of para-hydroxylation sites is 2. The number of alkyl halides is 2. The van der Waals surface area contributed by atoms with Gasteiger partial charge in [-0.2, -0.15) is 8.78 Å². The van der Waals surface area contributed by atoms with Gasteiger partial charge in [0.2, 0.25) is 5.91 Å². The normalized spacial score (nSPS) is 19.4. The first-order valence-electron chi connectivity index (χ1n) is 7.10. The summed E-state index contributed by atoms with van der Waals surface area (Å²) in [5.41, 5.74) is 0.401. The minimum absolute atomic E-state index is 0.0334. The Balaban J connectivity index is 2.22. The molecule has 1 aliphatic rings. The van der Waals surface area contributed by atoms with Gasteiger partial charge >= 0.3 is 6.61 Å². The Kier molecular flexibility index (Phi) is 5.12. The molecule has 1 aromatic rings. The number of anilines is 1. The lowest BCUT2D eigenvalue weighted by Crippen LogP contribution is -2.52. The lowest BCUT2D eigenvalue weighted by Gasteiger charge is -2.34. The first kappa shape index (κ1) is 15.7. The van der Waals surface area contributed by atoms with E-state index in [9.17, 15) is 13.6 Å². The van der Waals surface area contributed by atoms with Gasteiger partial charge in [0, 0.05) is 12.6 Å². The lowest BCUT2D eigenvalue weighted by atomic mass is 10.0. The van der Waals surface area contributed by atoms with Gasteiger partial charge in [-0.25, -0.2) is 0 Å². The number of benzene rings is 1. The van der Waals surface area contributed by atoms with Gasteiger partial charge in [0.05, 0.1) is 11.7 Å². The standard InChI is InChI=1S/C15H20F2N2O2/c1-10(2)18-11-6-5-9-19(14(11)20)12-7-3-4-8-13(12)21-15(16)17/h3-4,7-8,10-11,15,18H,5-6,9H2,1-2H3. The predicted molar refractivity (Wildman–Crippen MR) is 76.7 cm³/mol. The van der Waals surface area contributed by atoms with Crippen LogP contribution in [0.25, 0.3) is 0 Å². The summed E-state index contributed by atoms with van der Waals surface area (Å²) in [7, 11) is 0. The highest BCUT2D eigenvalue weighted by molar-refractivity contribution is 5.99. The molecule has 1 heterocycles. The summed E-state index contributed by atoms with van der Waals surface area (Å²) >= 11 is 0. The summed E-state index contributed by atoms with van der Waals surface area (Å²) in [6.45, 7) is 1.55. The van der Waals surface area contributed by atoms with E-state index in [0.29, 0.717) is 12.2 Å². The van der Waals surface area contributed by atoms with Gasteiger partial charge in [-0.1, -0.05) is 26.0 Å². The summed E-state index contributed by atoms with van der Waals surface area (Å²) in [6.07, 6.45) is 1.57. The molecule has 2 rings (SSSR count). The second-order valence-electron chi connectivity index (χ2n) is 5.35. The Bertz CT molecular complexity index is 494. The van der Waals surface area contributed by atoms with Crippen LogP contribution in [0.3, 0.4) is 0 Å². The monoisotopic (exact) mass is 298 g/mol. The van der Waals surface area contributed by atoms with E-state index in [1.54, 1.807) is 18.2 Å². The van der Waals surface area contributed by atoms with E-state index in [2.05, 4.69) is 10.1 Å². The molecule has 0 aliphatic carbocycles. The number of carbonyl (C=O) groups is 1. The van der Waals surface area contributed by atoms with Crippen LogP contribution in [-0.2, 0) is 4.79 Å². The van der Waals surface area contributed by atoms with Crippen molar-refractivity contribution in [2.75, 3.05) is 11.4 Å². The molecule has 116 valence electrons. The number of hydrogen-bond acceptors (Lipinski definition) is 3. The summed E-state index contributed by atoms with van der Waals surface area (Å²) in [6, 6.07) is 6.31. The molecule has 1 fully saturated rings. The van der Waals surface area contributed by atoms with Crippen LogP contribution < -0.4 is 15.0 Å². The van der Waals surface area contributed by atoms with Crippen LogP contribution in [0.5, 0.6) is 5.75 Å². The molecule has 6 heteroatoms. The zero-order valence-electron chi connectivity index (χ0n) is 12.2. The Morgan fingerprint density at radius 1 is 1.33 bits per heavy atom. The van der Waals surface area contributed by atoms with Crippen LogP contribution in [0, 0.1) is 0 Å². The second-order valence-corrected chi connectivity index (χ2v) is 5.35. The maximum Gasteiger partial charge on any atom is 0.387 e. The Morgan fingerprint density at radius 2 is 2.05 bits per heavy atom. The van der Waals surface area contributed by atoms with Crippen LogP contribution in [0.2, 0.25) is 0 Å². The van der Waals surface area contributed by atoms with Crippen molar-refractivity contribution < 1.29 is 18.3 Å². The van der Waals surface area contributed by atoms with Crippen molar-refractivity contribution in [1.29, 1.82) is 0 Å². The van der Waals surface area contributed by atoms with E-state index in [1.807, 2.05) is 13.8 Å². The summed E-state index contributed by atoms with van der Waals surface area (Å²) < 4.78 is 29.5. The smallest absolute Gasteiger partial charge is 0.387 e. The maximum atomic E-state index is 12.5. The van der Waals surface area contributed by atoms with Gasteiger partial charge in [-0.05, 0) is 25.0 Å². The number of ether oxygens (including phenoxy) is 1. The van der Waals surface area contributed by atoms with Crippen LogP contribution in [0.15, 0.2) is 24.3 Å². The number of hydrogen-bond donors (Lipinski definition) is 1. The summed E-state index contributed by atoms with van der Waals surface area (Å²) in [5, 5.41) is 3.21. The van der Waals surface area contributed by atoms with Crippen molar-refractivity contribution in [2.24, 2.45) is 0 Å². The molecule has 1 unspecified atom stereocenters. The minimum Gasteiger partial charge on any atom is -0.433 e. The van der Waals surface area contributed by atoms with Crippen molar-refractivity contribution in [2.45, 2.75) is 45.4 Å². The highest BCUT2D eigenvalue weighted by Crippen LogP contribution is 2.32. The number of carbonyl (C=O) groups excluding carboxylic acids is 1. The fourth-order valence-corrected chi connectivity index (χ4v) is 2.55. The van der Waals surface area contributed by atoms with Gasteiger partial charge in [0.25, 0.3) is 0 Å². The van der Waals surface area contributed by atoms with Crippen molar-refractivity contribution in [3.8, 4) is 5.75 Å². The van der Waals surface area contributed by atoms with Gasteiger partial charge in [-0.3, -0.25) is 4.79 Å². The molecule has 1 saturated heterocycles. The van der Waals surface area contributed by atoms with Crippen LogP contribution >= 0.6 is 0 Å². The zero-order valence-corrected chi connectivity index (χ0v) is 12.2. The number of halogens is 2. The molecule has 1 aromatic carbocycles. The Hall–Kier alpha value is -1.69. The van der Waals surface area contributed by atoms with Gasteiger partial charge < -0.3 is 15.0 Å². The average Bonchev–Trinajstić information content (AvgIpc) is 2.41. The van der Waals surface area contributed by atoms with Crippen LogP contribution in [0.1, 0.15) is 26.7 Å². The summed E-state index contributed by atoms with van der Waals surface area (Å²) in [4.78, 5) is 14.0. The predicted octanol–water partition coefficient (Wildman–Crippen LogP) is 2.78. The first-order valence-corrected chi connectivity index (χ1v) is 7.10. The molecular formula is C15H20F2N2O2. The molecule has 0 aromatic heterocycles. The topological polar surface area (TPSA) is 41.6 Å². The van der Waals surface area contributed by atoms with E-state index in [-0.39, 0.29) is 23.7 Å². The van der Waals surface area contributed by atoms with Crippen LogP contribution in [-0.4, -0.2) is 31.1 Å². The number of piperidine rings is 1. The largest absolute Gasteiger partial charge is 0.433 e. The molecule has 1 amide bonds. The second kappa shape index (κ2) is 6.85. The highest BCUT2D eigenvalue weighted by atomic mass is 19.3. The third-order valence-electron chi connectivity index (χ3n) is 3.35. The molecule has 21 heavy (non-hydrogen) atoms. The van der Waals surface area contributed by atoms with E-state index >= 15 is 0 Å². The number of rotatable bonds is 5. The van der Waals surface area contributed by atoms with Crippen molar-refractivity contribution in [3.63, 3.8) is 0 Å². The van der Waals surface area contributed by atoms with E-state index in [4.69, 9.17) is 0 Å². The van der Waals surface area contributed by atoms with Gasteiger partial charge in [-0.15, -0.1) is 0 Å². The SMILES string of the molecule is CC(C)NC1CCCN(c2ccccc2OC(F)F)C1=O. The highest BCUT2D eigenvalue weighted by Gasteiger charge is 2.31. The van der Waals surface area contributed by atoms with Gasteiger partial charge in [0.1, 0.15) is 5.75 Å². The third kappa shape index (κ3) is 3.91. The fourth-order valence-electron chi connectivity index (χ4n) is 2.55. The molecule has 0 bridgehead atoms. The number of amides is 1. The quantitative estimate of drug-likeness (QED) is 0.909. The molecule has 4 nitrogen and oxygen atoms in total. The Morgan fingerprint density at radius 3 is 2.71 bits per heavy atom. The average molecular weight is 298 g/mol. The van der Waals surface area contributed by atoms with Crippen molar-refractivity contribution in [1.82, 2.24) is 5.32 Å². The lowest BCUT2D eigenvalue weighted by molar-refractivity contribution is -0.122. The van der Waals surface area contributed by atoms with Crippen molar-refractivity contribution in [3.05, 3.63) is 24.3 Å². The third-order valence-corrected chi connectivity index (χ3v) is 3.35. The molecule has 0 saturated carbocycles. The molecule has 1 atom stereocenters. The van der Waals surface area contributed by atoms with E-state index in [0.717, 1.165) is 12.8 Å². The fraction of sp³-hybridized carbons (Fsp3) is 0.533. The summed E-state index contributed by atoms with van der Waals surface area (Å²) in [5.74, 6) is -0.0636. The molecule has 1 N–H and O–H groups in total. The minimum atomic E-state index is -2.91. The van der Waals surface area contributed by atoms with E-state index < -0.39 is 6.61 Å². The first-order chi connectivity index (χ1) is 9.99. The molecular weight excluding hydrogens is 278 g/mol. The van der Waals surface area contributed by atoms with Crippen LogP contribution in [0.4, 0.5) is 14.5 Å². The number of nitrogens with zero attached hydrogens (tertiary/aromatic N) is 1. The van der Waals surface area contributed by atoms with Gasteiger partial charge in [0.15, 0.2) is 0 Å². The molecule has 1 aliphatic heterocycles. The molecule has 0 spiro atoms. The number of nitrogens with one attached hydrogen (secondary N) is 1. The molecule has 0 radical (unpaired) electrons.